The van der Waals surface area contributed by atoms with Crippen molar-refractivity contribution in [3.05, 3.63) is 65.1 Å². The second-order valence-corrected chi connectivity index (χ2v) is 15.4. The van der Waals surface area contributed by atoms with E-state index in [-0.39, 0.29) is 36.4 Å². The summed E-state index contributed by atoms with van der Waals surface area (Å²) in [5.41, 5.74) is 2.23. The Bertz CT molecular complexity index is 2080. The number of amides is 4. The average molecular weight is 766 g/mol. The summed E-state index contributed by atoms with van der Waals surface area (Å²) in [6, 6.07) is 12.5. The largest absolute Gasteiger partial charge is 0.490 e. The van der Waals surface area contributed by atoms with Gasteiger partial charge in [-0.25, -0.2) is 14.5 Å². The molecule has 55 heavy (non-hydrogen) atoms. The van der Waals surface area contributed by atoms with Crippen LogP contribution in [-0.4, -0.2) is 99.1 Å². The molecule has 6 heterocycles. The number of nitriles is 1. The Kier molecular flexibility index (Phi) is 10.8. The Hall–Kier alpha value is -5.33. The molecule has 4 aliphatic rings. The van der Waals surface area contributed by atoms with Gasteiger partial charge in [0.05, 0.1) is 40.0 Å². The van der Waals surface area contributed by atoms with Gasteiger partial charge in [0.25, 0.3) is 5.91 Å². The second kappa shape index (κ2) is 16.2. The number of likely N-dealkylation sites (tertiary alicyclic amines) is 1. The molecule has 3 saturated heterocycles. The van der Waals surface area contributed by atoms with Gasteiger partial charge in [0, 0.05) is 64.0 Å². The number of piperidine rings is 2. The number of fused-ring (bicyclic) bond motifs is 1. The van der Waals surface area contributed by atoms with E-state index in [1.165, 1.54) is 0 Å². The number of nitrogens with one attached hydrogen (secondary N) is 2. The highest BCUT2D eigenvalue weighted by Gasteiger charge is 2.30. The zero-order chi connectivity index (χ0) is 37.9. The summed E-state index contributed by atoms with van der Waals surface area (Å²) in [5.74, 6) is 1.58. The summed E-state index contributed by atoms with van der Waals surface area (Å²) in [6.07, 6.45) is 11.1. The van der Waals surface area contributed by atoms with E-state index in [2.05, 4.69) is 41.7 Å². The van der Waals surface area contributed by atoms with Gasteiger partial charge >= 0.3 is 6.03 Å². The van der Waals surface area contributed by atoms with Gasteiger partial charge in [-0.05, 0) is 87.6 Å². The monoisotopic (exact) mass is 765 g/mol. The fourth-order valence-corrected chi connectivity index (χ4v) is 8.55. The molecule has 4 amide bonds. The zero-order valence-electron chi connectivity index (χ0n) is 30.6. The van der Waals surface area contributed by atoms with Crippen molar-refractivity contribution >= 4 is 52.0 Å². The van der Waals surface area contributed by atoms with Crippen LogP contribution in [0, 0.1) is 17.2 Å². The maximum absolute atomic E-state index is 13.0. The number of imide groups is 1. The van der Waals surface area contributed by atoms with E-state index in [4.69, 9.17) is 26.7 Å². The number of benzene rings is 1. The molecule has 0 atom stereocenters. The van der Waals surface area contributed by atoms with Crippen LogP contribution in [0.25, 0.3) is 11.0 Å². The molecule has 4 fully saturated rings. The van der Waals surface area contributed by atoms with E-state index in [1.807, 2.05) is 16.8 Å². The molecular weight excluding hydrogens is 722 g/mol. The van der Waals surface area contributed by atoms with Crippen molar-refractivity contribution in [3.63, 3.8) is 0 Å². The van der Waals surface area contributed by atoms with Crippen molar-refractivity contribution in [2.75, 3.05) is 49.1 Å². The first-order valence-corrected chi connectivity index (χ1v) is 19.6. The van der Waals surface area contributed by atoms with E-state index in [9.17, 15) is 14.4 Å². The molecule has 1 saturated carbocycles. The molecule has 0 spiro atoms. The number of ether oxygens (including phenoxy) is 1. The number of carbonyl (C=O) groups is 3. The number of nitrogens with zero attached hydrogens (tertiary/aromatic N) is 9. The molecule has 3 aliphatic heterocycles. The number of anilines is 2. The summed E-state index contributed by atoms with van der Waals surface area (Å²) < 4.78 is 8.09. The highest BCUT2D eigenvalue weighted by atomic mass is 35.5. The van der Waals surface area contributed by atoms with Gasteiger partial charge in [0.1, 0.15) is 11.8 Å². The van der Waals surface area contributed by atoms with Gasteiger partial charge in [0.15, 0.2) is 17.2 Å². The first kappa shape index (κ1) is 36.6. The number of rotatable bonds is 9. The molecule has 15 nitrogen and oxygen atoms in total. The van der Waals surface area contributed by atoms with Crippen molar-refractivity contribution in [2.45, 2.75) is 76.0 Å². The minimum atomic E-state index is -0.409. The molecule has 286 valence electrons. The molecule has 4 aromatic rings. The lowest BCUT2D eigenvalue weighted by Crippen LogP contribution is -2.49. The quantitative estimate of drug-likeness (QED) is 0.238. The van der Waals surface area contributed by atoms with Crippen molar-refractivity contribution in [1.29, 1.82) is 5.26 Å². The predicted molar refractivity (Wildman–Crippen MR) is 205 cm³/mol. The first-order chi connectivity index (χ1) is 26.8. The topological polar surface area (TPSA) is 174 Å². The SMILES string of the molecule is N#Cc1ccc(O[C@H]2CC[C@H](NC(=O)c3ccc(N4CCC(CN5CCC(n6ncc7c(N8CCC(=O)NC8=O)ccnc76)CC5)CC4)nn3)CC2)cc1Cl. The van der Waals surface area contributed by atoms with Gasteiger partial charge in [0.2, 0.25) is 5.91 Å². The number of halogens is 1. The Balaban J connectivity index is 0.760. The molecule has 0 radical (unpaired) electrons. The third-order valence-electron chi connectivity index (χ3n) is 11.4. The van der Waals surface area contributed by atoms with Crippen LogP contribution in [0.1, 0.15) is 79.9 Å². The van der Waals surface area contributed by atoms with E-state index >= 15 is 0 Å². The summed E-state index contributed by atoms with van der Waals surface area (Å²) in [6.45, 7) is 5.18. The van der Waals surface area contributed by atoms with Crippen LogP contribution >= 0.6 is 11.6 Å². The third kappa shape index (κ3) is 8.20. The molecule has 0 bridgehead atoms. The molecule has 1 aliphatic carbocycles. The van der Waals surface area contributed by atoms with Crippen LogP contribution in [0.2, 0.25) is 5.02 Å². The summed E-state index contributed by atoms with van der Waals surface area (Å²) in [4.78, 5) is 48.2. The Labute approximate surface area is 324 Å². The Morgan fingerprint density at radius 2 is 1.76 bits per heavy atom. The van der Waals surface area contributed by atoms with Gasteiger partial charge < -0.3 is 19.9 Å². The van der Waals surface area contributed by atoms with Crippen molar-refractivity contribution in [1.82, 2.24) is 40.5 Å². The number of urea groups is 1. The number of hydrogen-bond donors (Lipinski definition) is 2. The van der Waals surface area contributed by atoms with E-state index < -0.39 is 6.03 Å². The molecule has 0 unspecified atom stereocenters. The second-order valence-electron chi connectivity index (χ2n) is 15.0. The maximum Gasteiger partial charge on any atom is 0.328 e. The number of carbonyl (C=O) groups excluding carboxylic acids is 3. The lowest BCUT2D eigenvalue weighted by Gasteiger charge is -2.38. The number of pyridine rings is 1. The van der Waals surface area contributed by atoms with E-state index in [0.717, 1.165) is 107 Å². The maximum atomic E-state index is 13.0. The normalized spacial score (nSPS) is 21.7. The number of aromatic nitrogens is 5. The predicted octanol–water partition coefficient (Wildman–Crippen LogP) is 4.87. The smallest absolute Gasteiger partial charge is 0.328 e. The molecule has 16 heteroatoms. The molecular formula is C39H44ClN11O4. The van der Waals surface area contributed by atoms with Crippen LogP contribution in [0.15, 0.2) is 48.8 Å². The average Bonchev–Trinajstić information content (AvgIpc) is 3.64. The van der Waals surface area contributed by atoms with Crippen molar-refractivity contribution in [3.8, 4) is 11.8 Å². The standard InChI is InChI=1S/C39H44ClN11O4/c40-32-21-30(4-1-26(32)22-41)55-29-5-2-27(3-6-29)44-38(53)33-7-8-35(47-46-33)49-18-10-25(11-19-49)24-48-16-12-28(13-17-48)51-37-31(23-43-51)34(9-15-42-37)50-20-14-36(52)45-39(50)54/h1,4,7-9,15,21,23,25,27-29H,2-3,5-6,10-14,16-20,24H2,(H,44,53)(H,45,52,54)/t27-,29-. The van der Waals surface area contributed by atoms with Gasteiger partial charge in [-0.1, -0.05) is 11.6 Å². The fraction of sp³-hybridized carbons (Fsp3) is 0.487. The highest BCUT2D eigenvalue weighted by molar-refractivity contribution is 6.31. The van der Waals surface area contributed by atoms with Gasteiger partial charge in [-0.3, -0.25) is 19.8 Å². The highest BCUT2D eigenvalue weighted by Crippen LogP contribution is 2.32. The summed E-state index contributed by atoms with van der Waals surface area (Å²) in [5, 5.41) is 29.2. The third-order valence-corrected chi connectivity index (χ3v) is 11.7. The van der Waals surface area contributed by atoms with Crippen LogP contribution in [-0.2, 0) is 4.79 Å². The van der Waals surface area contributed by atoms with Crippen LogP contribution in [0.3, 0.4) is 0 Å². The zero-order valence-corrected chi connectivity index (χ0v) is 31.3. The van der Waals surface area contributed by atoms with Crippen LogP contribution < -0.4 is 25.2 Å². The van der Waals surface area contributed by atoms with Crippen LogP contribution in [0.5, 0.6) is 5.75 Å². The lowest BCUT2D eigenvalue weighted by atomic mass is 9.92. The van der Waals surface area contributed by atoms with E-state index in [1.54, 1.807) is 41.6 Å². The summed E-state index contributed by atoms with van der Waals surface area (Å²) >= 11 is 6.15. The van der Waals surface area contributed by atoms with E-state index in [0.29, 0.717) is 34.5 Å². The molecule has 1 aromatic carbocycles. The van der Waals surface area contributed by atoms with Gasteiger partial charge in [-0.2, -0.15) is 10.4 Å². The number of hydrogen-bond acceptors (Lipinski definition) is 11. The molecule has 2 N–H and O–H groups in total. The Morgan fingerprint density at radius 3 is 2.47 bits per heavy atom. The van der Waals surface area contributed by atoms with Crippen molar-refractivity contribution in [2.24, 2.45) is 5.92 Å². The fourth-order valence-electron chi connectivity index (χ4n) is 8.34. The summed E-state index contributed by atoms with van der Waals surface area (Å²) in [7, 11) is 0. The Morgan fingerprint density at radius 1 is 0.964 bits per heavy atom. The van der Waals surface area contributed by atoms with Crippen molar-refractivity contribution < 1.29 is 19.1 Å². The first-order valence-electron chi connectivity index (χ1n) is 19.2. The molecule has 3 aromatic heterocycles. The van der Waals surface area contributed by atoms with Gasteiger partial charge in [-0.15, -0.1) is 10.2 Å². The minimum Gasteiger partial charge on any atom is -0.490 e. The minimum absolute atomic E-state index is 0.0307. The lowest BCUT2D eigenvalue weighted by molar-refractivity contribution is -0.120. The molecule has 8 rings (SSSR count). The van der Waals surface area contributed by atoms with Crippen LogP contribution in [0.4, 0.5) is 16.3 Å².